The zero-order valence-electron chi connectivity index (χ0n) is 16.8. The van der Waals surface area contributed by atoms with Gasteiger partial charge < -0.3 is 24.8 Å². The van der Waals surface area contributed by atoms with E-state index in [0.29, 0.717) is 35.4 Å². The van der Waals surface area contributed by atoms with E-state index in [1.165, 1.54) is 6.42 Å². The van der Waals surface area contributed by atoms with Gasteiger partial charge in [-0.05, 0) is 50.9 Å². The van der Waals surface area contributed by atoms with Crippen molar-refractivity contribution in [1.29, 1.82) is 0 Å². The van der Waals surface area contributed by atoms with Crippen LogP contribution in [0.5, 0.6) is 11.5 Å². The van der Waals surface area contributed by atoms with Gasteiger partial charge in [-0.3, -0.25) is 4.90 Å². The lowest BCUT2D eigenvalue weighted by molar-refractivity contribution is -0.139. The van der Waals surface area contributed by atoms with Crippen molar-refractivity contribution >= 4 is 12.0 Å². The van der Waals surface area contributed by atoms with Gasteiger partial charge in [0.05, 0.1) is 18.2 Å². The van der Waals surface area contributed by atoms with E-state index in [4.69, 9.17) is 14.2 Å². The predicted octanol–water partition coefficient (Wildman–Crippen LogP) is 2.46. The molecule has 2 atom stereocenters. The van der Waals surface area contributed by atoms with Crippen LogP contribution in [-0.4, -0.2) is 49.4 Å². The van der Waals surface area contributed by atoms with E-state index < -0.39 is 12.0 Å². The summed E-state index contributed by atoms with van der Waals surface area (Å²) in [5, 5.41) is 5.72. The Balaban J connectivity index is 1.71. The van der Waals surface area contributed by atoms with Crippen molar-refractivity contribution in [3.8, 4) is 11.5 Å². The van der Waals surface area contributed by atoms with Crippen molar-refractivity contribution in [1.82, 2.24) is 15.5 Å². The molecule has 3 heterocycles. The largest absolute Gasteiger partial charge is 0.463 e. The zero-order valence-corrected chi connectivity index (χ0v) is 16.8. The quantitative estimate of drug-likeness (QED) is 0.737. The molecule has 2 amide bonds. The summed E-state index contributed by atoms with van der Waals surface area (Å²) in [7, 11) is 0. The number of likely N-dealkylation sites (tertiary alicyclic amines) is 1. The summed E-state index contributed by atoms with van der Waals surface area (Å²) in [4.78, 5) is 27.7. The molecule has 1 aromatic rings. The number of carbonyl (C=O) groups excluding carboxylic acids is 2. The van der Waals surface area contributed by atoms with Gasteiger partial charge in [0, 0.05) is 18.3 Å². The number of benzene rings is 1. The maximum atomic E-state index is 12.9. The summed E-state index contributed by atoms with van der Waals surface area (Å²) in [6.07, 6.45) is 3.43. The molecule has 0 aliphatic carbocycles. The van der Waals surface area contributed by atoms with E-state index in [9.17, 15) is 9.59 Å². The number of nitrogens with zero attached hydrogens (tertiary/aromatic N) is 1. The number of rotatable bonds is 5. The van der Waals surface area contributed by atoms with Crippen LogP contribution in [0.3, 0.4) is 0 Å². The highest BCUT2D eigenvalue weighted by Crippen LogP contribution is 2.37. The average Bonchev–Trinajstić information content (AvgIpc) is 3.17. The number of ether oxygens (including phenoxy) is 3. The van der Waals surface area contributed by atoms with Crippen LogP contribution in [0, 0.1) is 0 Å². The number of urea groups is 1. The van der Waals surface area contributed by atoms with Crippen molar-refractivity contribution in [2.24, 2.45) is 0 Å². The zero-order chi connectivity index (χ0) is 20.4. The minimum absolute atomic E-state index is 0.163. The van der Waals surface area contributed by atoms with E-state index in [0.717, 1.165) is 24.9 Å². The van der Waals surface area contributed by atoms with E-state index in [-0.39, 0.29) is 19.4 Å². The molecule has 1 fully saturated rings. The standard InChI is InChI=1S/C21H27N3O5/c1-3-27-20(25)18-15(11-24-9-5-4-6-13(24)2)22-21(26)23-19(18)14-7-8-16-17(10-14)29-12-28-16/h7-8,10,13,19H,3-6,9,11-12H2,1-2H3,(H2,22,23,26). The number of piperidine rings is 1. The van der Waals surface area contributed by atoms with Crippen LogP contribution >= 0.6 is 0 Å². The Morgan fingerprint density at radius 1 is 1.28 bits per heavy atom. The highest BCUT2D eigenvalue weighted by Gasteiger charge is 2.35. The summed E-state index contributed by atoms with van der Waals surface area (Å²) in [6.45, 7) is 5.83. The fraction of sp³-hybridized carbons (Fsp3) is 0.524. The molecule has 29 heavy (non-hydrogen) atoms. The van der Waals surface area contributed by atoms with Crippen molar-refractivity contribution in [3.63, 3.8) is 0 Å². The fourth-order valence-electron chi connectivity index (χ4n) is 4.13. The predicted molar refractivity (Wildman–Crippen MR) is 106 cm³/mol. The van der Waals surface area contributed by atoms with E-state index in [1.807, 2.05) is 6.07 Å². The Hall–Kier alpha value is -2.74. The lowest BCUT2D eigenvalue weighted by Gasteiger charge is -2.36. The third-order valence-corrected chi connectivity index (χ3v) is 5.68. The van der Waals surface area contributed by atoms with Crippen LogP contribution in [-0.2, 0) is 9.53 Å². The minimum Gasteiger partial charge on any atom is -0.463 e. The van der Waals surface area contributed by atoms with Gasteiger partial charge in [-0.25, -0.2) is 9.59 Å². The molecule has 3 aliphatic heterocycles. The summed E-state index contributed by atoms with van der Waals surface area (Å²) >= 11 is 0. The molecule has 2 unspecified atom stereocenters. The van der Waals surface area contributed by atoms with Crippen LogP contribution in [0.15, 0.2) is 29.5 Å². The average molecular weight is 401 g/mol. The van der Waals surface area contributed by atoms with Gasteiger partial charge in [0.1, 0.15) is 0 Å². The van der Waals surface area contributed by atoms with Crippen LogP contribution in [0.25, 0.3) is 0 Å². The van der Waals surface area contributed by atoms with Gasteiger partial charge >= 0.3 is 12.0 Å². The number of fused-ring (bicyclic) bond motifs is 1. The molecule has 8 heteroatoms. The normalized spacial score (nSPS) is 24.1. The van der Waals surface area contributed by atoms with Crippen molar-refractivity contribution in [3.05, 3.63) is 35.0 Å². The molecule has 156 valence electrons. The van der Waals surface area contributed by atoms with E-state index >= 15 is 0 Å². The topological polar surface area (TPSA) is 89.1 Å². The molecule has 1 aromatic carbocycles. The number of esters is 1. The SMILES string of the molecule is CCOC(=O)C1=C(CN2CCCCC2C)NC(=O)NC1c1ccc2c(c1)OCO2. The molecule has 0 radical (unpaired) electrons. The molecule has 0 bridgehead atoms. The van der Waals surface area contributed by atoms with Crippen LogP contribution in [0.4, 0.5) is 4.79 Å². The maximum absolute atomic E-state index is 12.9. The number of amides is 2. The summed E-state index contributed by atoms with van der Waals surface area (Å²) < 4.78 is 16.2. The van der Waals surface area contributed by atoms with Gasteiger partial charge in [0.25, 0.3) is 0 Å². The number of nitrogens with one attached hydrogen (secondary N) is 2. The van der Waals surface area contributed by atoms with E-state index in [2.05, 4.69) is 22.5 Å². The second-order valence-corrected chi connectivity index (χ2v) is 7.57. The molecule has 3 aliphatic rings. The smallest absolute Gasteiger partial charge is 0.338 e. The Labute approximate surface area is 170 Å². The second-order valence-electron chi connectivity index (χ2n) is 7.57. The van der Waals surface area contributed by atoms with Gasteiger partial charge in [-0.1, -0.05) is 12.5 Å². The summed E-state index contributed by atoms with van der Waals surface area (Å²) in [5.74, 6) is 0.824. The van der Waals surface area contributed by atoms with Gasteiger partial charge in [-0.2, -0.15) is 0 Å². The maximum Gasteiger partial charge on any atom is 0.338 e. The number of hydrogen-bond acceptors (Lipinski definition) is 6. The Bertz CT molecular complexity index is 838. The molecule has 1 saturated heterocycles. The Kier molecular flexibility index (Phi) is 5.62. The molecule has 8 nitrogen and oxygen atoms in total. The molecule has 2 N–H and O–H groups in total. The van der Waals surface area contributed by atoms with Crippen molar-refractivity contribution in [2.45, 2.75) is 45.2 Å². The third-order valence-electron chi connectivity index (χ3n) is 5.68. The first-order valence-electron chi connectivity index (χ1n) is 10.2. The summed E-state index contributed by atoms with van der Waals surface area (Å²) in [5.41, 5.74) is 1.78. The Morgan fingerprint density at radius 3 is 2.90 bits per heavy atom. The molecular formula is C21H27N3O5. The fourth-order valence-corrected chi connectivity index (χ4v) is 4.13. The molecule has 4 rings (SSSR count). The van der Waals surface area contributed by atoms with Gasteiger partial charge in [0.2, 0.25) is 6.79 Å². The molecule has 0 aromatic heterocycles. The molecule has 0 saturated carbocycles. The second kappa shape index (κ2) is 8.32. The minimum atomic E-state index is -0.618. The highest BCUT2D eigenvalue weighted by atomic mass is 16.7. The first kappa shape index (κ1) is 19.6. The monoisotopic (exact) mass is 401 g/mol. The van der Waals surface area contributed by atoms with Crippen molar-refractivity contribution < 1.29 is 23.8 Å². The lowest BCUT2D eigenvalue weighted by atomic mass is 9.94. The van der Waals surface area contributed by atoms with Crippen LogP contribution < -0.4 is 20.1 Å². The first-order valence-corrected chi connectivity index (χ1v) is 10.2. The molecular weight excluding hydrogens is 374 g/mol. The highest BCUT2D eigenvalue weighted by molar-refractivity contribution is 5.95. The lowest BCUT2D eigenvalue weighted by Crippen LogP contribution is -2.50. The Morgan fingerprint density at radius 2 is 2.10 bits per heavy atom. The van der Waals surface area contributed by atoms with Gasteiger partial charge in [0.15, 0.2) is 11.5 Å². The van der Waals surface area contributed by atoms with Crippen LogP contribution in [0.2, 0.25) is 0 Å². The summed E-state index contributed by atoms with van der Waals surface area (Å²) in [6, 6.07) is 4.88. The number of hydrogen-bond donors (Lipinski definition) is 2. The van der Waals surface area contributed by atoms with Gasteiger partial charge in [-0.15, -0.1) is 0 Å². The van der Waals surface area contributed by atoms with Crippen molar-refractivity contribution in [2.75, 3.05) is 26.5 Å². The van der Waals surface area contributed by atoms with E-state index in [1.54, 1.807) is 19.1 Å². The first-order chi connectivity index (χ1) is 14.1. The molecule has 0 spiro atoms. The number of carbonyl (C=O) groups is 2. The van der Waals surface area contributed by atoms with Crippen LogP contribution in [0.1, 0.15) is 44.7 Å². The third kappa shape index (κ3) is 4.03.